The van der Waals surface area contributed by atoms with E-state index in [2.05, 4.69) is 32.3 Å². The first-order valence-corrected chi connectivity index (χ1v) is 13.7. The minimum atomic E-state index is -3.51. The van der Waals surface area contributed by atoms with E-state index in [1.165, 1.54) is 6.20 Å². The molecule has 200 valence electrons. The Balaban J connectivity index is 1.25. The van der Waals surface area contributed by atoms with Gasteiger partial charge in [-0.05, 0) is 37.0 Å². The molecule has 1 atom stereocenters. The van der Waals surface area contributed by atoms with Crippen LogP contribution >= 0.6 is 11.6 Å². The molecular weight excluding hydrogens is 550 g/mol. The number of nitrogens with one attached hydrogen (secondary N) is 1. The van der Waals surface area contributed by atoms with Crippen LogP contribution in [0.2, 0.25) is 5.02 Å². The predicted octanol–water partition coefficient (Wildman–Crippen LogP) is 3.01. The summed E-state index contributed by atoms with van der Waals surface area (Å²) in [7, 11) is -3.51. The molecule has 0 spiro atoms. The number of halogens is 1. The fourth-order valence-electron chi connectivity index (χ4n) is 4.13. The normalized spacial score (nSPS) is 18.3. The van der Waals surface area contributed by atoms with E-state index in [0.717, 1.165) is 10.6 Å². The lowest BCUT2D eigenvalue weighted by atomic mass is 9.78. The number of aliphatic carboxylic acids is 1. The van der Waals surface area contributed by atoms with Crippen molar-refractivity contribution < 1.29 is 32.4 Å². The number of allylic oxidation sites excluding steroid dienone is 1. The van der Waals surface area contributed by atoms with Crippen LogP contribution < -0.4 is 5.32 Å². The van der Waals surface area contributed by atoms with Crippen LogP contribution in [0.4, 0.5) is 10.5 Å². The standard InChI is InChI=1S/C25H20ClN5O7S/c1-14(17-5-3-4-6-18(17)26)37-24(34)29-19-11-27-38-20(19)8-7-16-9-15-10-21(30-22(15)28-16)25(23(32)33)12-31(13-25)39(2,35)36/h3-6,9-11,14H,12-13H2,1-2H3,(H,29,34)(H,32,33). The highest BCUT2D eigenvalue weighted by Crippen LogP contribution is 2.43. The molecule has 0 radical (unpaired) electrons. The molecule has 1 aromatic heterocycles. The smallest absolute Gasteiger partial charge is 0.412 e. The van der Waals surface area contributed by atoms with E-state index in [1.807, 2.05) is 0 Å². The number of nitrogens with zero attached hydrogens (tertiary/aromatic N) is 4. The molecule has 1 amide bonds. The van der Waals surface area contributed by atoms with Crippen LogP contribution in [0.5, 0.6) is 0 Å². The van der Waals surface area contributed by atoms with Gasteiger partial charge in [-0.2, -0.15) is 4.31 Å². The first-order valence-electron chi connectivity index (χ1n) is 11.5. The Morgan fingerprint density at radius 3 is 2.64 bits per heavy atom. The number of carboxylic acid groups (broad SMARTS) is 1. The Bertz CT molecular complexity index is 1690. The number of aromatic nitrogens is 1. The van der Waals surface area contributed by atoms with Gasteiger partial charge in [0.15, 0.2) is 5.84 Å². The van der Waals surface area contributed by atoms with Crippen LogP contribution in [0.3, 0.4) is 0 Å². The summed E-state index contributed by atoms with van der Waals surface area (Å²) in [4.78, 5) is 33.0. The first kappa shape index (κ1) is 26.4. The molecule has 2 N–H and O–H groups in total. The number of amides is 1. The summed E-state index contributed by atoms with van der Waals surface area (Å²) in [5.41, 5.74) is 0.526. The number of fused-ring (bicyclic) bond motifs is 1. The summed E-state index contributed by atoms with van der Waals surface area (Å²) < 4.78 is 35.1. The highest BCUT2D eigenvalue weighted by Gasteiger charge is 2.56. The van der Waals surface area contributed by atoms with E-state index in [4.69, 9.17) is 20.9 Å². The number of benzene rings is 1. The maximum absolute atomic E-state index is 12.4. The molecule has 0 aliphatic carbocycles. The van der Waals surface area contributed by atoms with Crippen molar-refractivity contribution in [2.45, 2.75) is 13.0 Å². The molecule has 12 nitrogen and oxygen atoms in total. The first-order chi connectivity index (χ1) is 18.5. The van der Waals surface area contributed by atoms with Gasteiger partial charge in [0.25, 0.3) is 0 Å². The maximum Gasteiger partial charge on any atom is 0.412 e. The number of anilines is 1. The van der Waals surface area contributed by atoms with Gasteiger partial charge in [-0.15, -0.1) is 0 Å². The van der Waals surface area contributed by atoms with Crippen LogP contribution in [-0.2, 0) is 19.6 Å². The SMILES string of the molecule is CC(OC(=O)Nc1cnoc1C#CC1=NC2=NC(C3(C(=O)O)CN(S(C)(=O)=O)C3)=CC2=C1)c1ccccc1Cl. The van der Waals surface area contributed by atoms with Crippen molar-refractivity contribution in [3.8, 4) is 11.8 Å². The molecule has 5 rings (SSSR count). The minimum Gasteiger partial charge on any atom is -0.480 e. The van der Waals surface area contributed by atoms with Gasteiger partial charge < -0.3 is 14.4 Å². The van der Waals surface area contributed by atoms with Crippen molar-refractivity contribution in [2.24, 2.45) is 15.4 Å². The van der Waals surface area contributed by atoms with E-state index >= 15 is 0 Å². The Kier molecular flexibility index (Phi) is 6.63. The Morgan fingerprint density at radius 1 is 1.23 bits per heavy atom. The van der Waals surface area contributed by atoms with Crippen LogP contribution in [0, 0.1) is 17.3 Å². The van der Waals surface area contributed by atoms with E-state index in [0.29, 0.717) is 21.9 Å². The van der Waals surface area contributed by atoms with Crippen LogP contribution in [0.25, 0.3) is 0 Å². The number of carboxylic acids is 1. The third kappa shape index (κ3) is 5.09. The molecular formula is C25H20ClN5O7S. The lowest BCUT2D eigenvalue weighted by molar-refractivity contribution is -0.152. The quantitative estimate of drug-likeness (QED) is 0.501. The highest BCUT2D eigenvalue weighted by atomic mass is 35.5. The monoisotopic (exact) mass is 569 g/mol. The molecule has 0 saturated carbocycles. The summed E-state index contributed by atoms with van der Waals surface area (Å²) in [6.45, 7) is 1.29. The van der Waals surface area contributed by atoms with E-state index in [9.17, 15) is 23.1 Å². The number of hydrogen-bond donors (Lipinski definition) is 2. The predicted molar refractivity (Wildman–Crippen MR) is 141 cm³/mol. The third-order valence-electron chi connectivity index (χ3n) is 6.29. The second-order valence-electron chi connectivity index (χ2n) is 8.99. The number of ether oxygens (including phenoxy) is 1. The highest BCUT2D eigenvalue weighted by molar-refractivity contribution is 7.88. The second kappa shape index (κ2) is 9.81. The largest absolute Gasteiger partial charge is 0.480 e. The van der Waals surface area contributed by atoms with Crippen LogP contribution in [-0.4, -0.2) is 65.9 Å². The van der Waals surface area contributed by atoms with Gasteiger partial charge in [0.05, 0.1) is 18.1 Å². The number of amidine groups is 1. The molecule has 3 aliphatic rings. The van der Waals surface area contributed by atoms with Gasteiger partial charge in [0, 0.05) is 29.2 Å². The third-order valence-corrected chi connectivity index (χ3v) is 7.84. The summed E-state index contributed by atoms with van der Waals surface area (Å²) in [5.74, 6) is 4.72. The number of sulfonamides is 1. The lowest BCUT2D eigenvalue weighted by Gasteiger charge is -2.45. The maximum atomic E-state index is 12.4. The average Bonchev–Trinajstić information content (AvgIpc) is 3.51. The fourth-order valence-corrected chi connectivity index (χ4v) is 5.33. The Labute approximate surface area is 227 Å². The zero-order valence-electron chi connectivity index (χ0n) is 20.5. The fraction of sp³-hybridized carbons (Fsp3) is 0.240. The number of hydrogen-bond acceptors (Lipinski definition) is 9. The summed E-state index contributed by atoms with van der Waals surface area (Å²) in [6.07, 6.45) is 4.12. The summed E-state index contributed by atoms with van der Waals surface area (Å²) in [5, 5.41) is 16.4. The van der Waals surface area contributed by atoms with E-state index in [1.54, 1.807) is 43.3 Å². The molecule has 14 heteroatoms. The summed E-state index contributed by atoms with van der Waals surface area (Å²) >= 11 is 6.15. The number of carbonyl (C=O) groups is 2. The Hall–Kier alpha value is -4.25. The van der Waals surface area contributed by atoms with Gasteiger partial charge in [0.2, 0.25) is 15.8 Å². The molecule has 1 saturated heterocycles. The van der Waals surface area contributed by atoms with Crippen molar-refractivity contribution in [3.05, 3.63) is 70.2 Å². The van der Waals surface area contributed by atoms with Crippen LogP contribution in [0.1, 0.15) is 24.4 Å². The molecule has 1 fully saturated rings. The molecule has 39 heavy (non-hydrogen) atoms. The van der Waals surface area contributed by atoms with E-state index in [-0.39, 0.29) is 36.1 Å². The van der Waals surface area contributed by atoms with Crippen molar-refractivity contribution in [1.82, 2.24) is 9.46 Å². The van der Waals surface area contributed by atoms with Gasteiger partial charge >= 0.3 is 12.1 Å². The topological polar surface area (TPSA) is 164 Å². The second-order valence-corrected chi connectivity index (χ2v) is 11.4. The zero-order chi connectivity index (χ0) is 27.9. The zero-order valence-corrected chi connectivity index (χ0v) is 22.1. The van der Waals surface area contributed by atoms with Crippen molar-refractivity contribution >= 4 is 50.9 Å². The van der Waals surface area contributed by atoms with Crippen LogP contribution in [0.15, 0.2) is 68.4 Å². The molecule has 3 aliphatic heterocycles. The minimum absolute atomic E-state index is 0.0637. The average molecular weight is 570 g/mol. The van der Waals surface area contributed by atoms with Gasteiger partial charge in [-0.3, -0.25) is 10.1 Å². The van der Waals surface area contributed by atoms with Gasteiger partial charge in [0.1, 0.15) is 22.9 Å². The lowest BCUT2D eigenvalue weighted by Crippen LogP contribution is -2.62. The summed E-state index contributed by atoms with van der Waals surface area (Å²) in [6, 6.07) is 7.01. The molecule has 0 bridgehead atoms. The van der Waals surface area contributed by atoms with E-state index < -0.39 is 33.6 Å². The molecule has 1 unspecified atom stereocenters. The number of aliphatic imine (C=N–C) groups is 2. The van der Waals surface area contributed by atoms with Crippen molar-refractivity contribution in [1.29, 1.82) is 0 Å². The van der Waals surface area contributed by atoms with Crippen molar-refractivity contribution in [2.75, 3.05) is 24.7 Å². The van der Waals surface area contributed by atoms with Gasteiger partial charge in [-0.25, -0.2) is 23.2 Å². The molecule has 4 heterocycles. The number of carbonyl (C=O) groups excluding carboxylic acids is 1. The molecule has 1 aromatic carbocycles. The molecule has 2 aromatic rings. The number of rotatable bonds is 6. The Morgan fingerprint density at radius 2 is 1.97 bits per heavy atom. The van der Waals surface area contributed by atoms with Gasteiger partial charge in [-0.1, -0.05) is 35.0 Å². The van der Waals surface area contributed by atoms with Crippen molar-refractivity contribution in [3.63, 3.8) is 0 Å².